The van der Waals surface area contributed by atoms with E-state index in [9.17, 15) is 13.9 Å². The minimum atomic E-state index is -1.27. The monoisotopic (exact) mass is 239 g/mol. The van der Waals surface area contributed by atoms with E-state index < -0.39 is 23.3 Å². The van der Waals surface area contributed by atoms with E-state index in [0.29, 0.717) is 0 Å². The summed E-state index contributed by atoms with van der Waals surface area (Å²) in [4.78, 5) is 0. The Morgan fingerprint density at radius 3 is 2.41 bits per heavy atom. The Morgan fingerprint density at radius 2 is 1.94 bits per heavy atom. The number of hydrogen-bond donors (Lipinski definition) is 2. The summed E-state index contributed by atoms with van der Waals surface area (Å²) < 4.78 is 26.7. The highest BCUT2D eigenvalue weighted by Crippen LogP contribution is 2.20. The van der Waals surface area contributed by atoms with Crippen LogP contribution in [0, 0.1) is 24.0 Å². The van der Waals surface area contributed by atoms with Gasteiger partial charge in [0, 0.05) is 6.54 Å². The maximum Gasteiger partial charge on any atom is 0.131 e. The molecule has 1 unspecified atom stereocenters. The first-order valence-electron chi connectivity index (χ1n) is 5.22. The number of aliphatic hydroxyl groups is 1. The van der Waals surface area contributed by atoms with Gasteiger partial charge in [0.05, 0.1) is 17.2 Å². The van der Waals surface area contributed by atoms with Gasteiger partial charge in [0.1, 0.15) is 11.6 Å². The van der Waals surface area contributed by atoms with E-state index in [1.54, 1.807) is 13.8 Å². The van der Waals surface area contributed by atoms with Gasteiger partial charge in [-0.1, -0.05) is 12.0 Å². The lowest BCUT2D eigenvalue weighted by atomic mass is 10.0. The summed E-state index contributed by atoms with van der Waals surface area (Å²) in [5, 5.41) is 12.6. The fraction of sp³-hybridized carbons (Fsp3) is 0.385. The molecule has 0 aliphatic rings. The number of terminal acetylenes is 1. The van der Waals surface area contributed by atoms with Crippen LogP contribution in [0.1, 0.15) is 25.5 Å². The van der Waals surface area contributed by atoms with Crippen LogP contribution in [-0.2, 0) is 0 Å². The Balaban J connectivity index is 2.78. The number of rotatable bonds is 4. The molecule has 1 atom stereocenters. The summed E-state index contributed by atoms with van der Waals surface area (Å²) in [6.45, 7) is 3.45. The molecule has 0 heterocycles. The number of nitrogens with one attached hydrogen (secondary N) is 1. The van der Waals surface area contributed by atoms with E-state index >= 15 is 0 Å². The third kappa shape index (κ3) is 3.52. The zero-order chi connectivity index (χ0) is 13.1. The van der Waals surface area contributed by atoms with Crippen molar-refractivity contribution in [3.8, 4) is 12.3 Å². The Kier molecular flexibility index (Phi) is 4.22. The summed E-state index contributed by atoms with van der Waals surface area (Å²) >= 11 is 0. The molecule has 4 heteroatoms. The summed E-state index contributed by atoms with van der Waals surface area (Å²) in [6, 6.07) is 3.46. The molecule has 0 radical (unpaired) electrons. The predicted octanol–water partition coefficient (Wildman–Crippen LogP) is 2.00. The fourth-order valence-corrected chi connectivity index (χ4v) is 1.33. The van der Waals surface area contributed by atoms with Crippen LogP contribution in [0.4, 0.5) is 8.78 Å². The second-order valence-corrected chi connectivity index (χ2v) is 4.30. The fourth-order valence-electron chi connectivity index (χ4n) is 1.33. The molecule has 2 N–H and O–H groups in total. The molecule has 0 aliphatic carbocycles. The summed E-state index contributed by atoms with van der Waals surface area (Å²) in [5.74, 6) is 0.936. The van der Waals surface area contributed by atoms with Crippen molar-refractivity contribution in [2.75, 3.05) is 6.54 Å². The third-order valence-electron chi connectivity index (χ3n) is 2.43. The second kappa shape index (κ2) is 5.26. The van der Waals surface area contributed by atoms with Crippen molar-refractivity contribution in [1.82, 2.24) is 5.32 Å². The normalized spacial score (nSPS) is 13.2. The van der Waals surface area contributed by atoms with Crippen LogP contribution in [0.5, 0.6) is 0 Å². The topological polar surface area (TPSA) is 32.3 Å². The number of benzene rings is 1. The molecule has 0 saturated carbocycles. The Bertz CT molecular complexity index is 417. The molecular formula is C13H15F2NO. The highest BCUT2D eigenvalue weighted by molar-refractivity contribution is 5.22. The van der Waals surface area contributed by atoms with Gasteiger partial charge in [-0.05, 0) is 26.0 Å². The first-order valence-corrected chi connectivity index (χ1v) is 5.22. The molecule has 0 fully saturated rings. The van der Waals surface area contributed by atoms with Gasteiger partial charge in [-0.3, -0.25) is 5.32 Å². The third-order valence-corrected chi connectivity index (χ3v) is 2.43. The largest absolute Gasteiger partial charge is 0.387 e. The van der Waals surface area contributed by atoms with E-state index in [0.717, 1.165) is 12.1 Å². The van der Waals surface area contributed by atoms with E-state index in [1.807, 2.05) is 0 Å². The van der Waals surface area contributed by atoms with Crippen LogP contribution in [0.3, 0.4) is 0 Å². The molecular weight excluding hydrogens is 224 g/mol. The molecule has 0 amide bonds. The van der Waals surface area contributed by atoms with Gasteiger partial charge in [0.15, 0.2) is 0 Å². The number of hydrogen-bond acceptors (Lipinski definition) is 2. The molecule has 1 aromatic rings. The summed E-state index contributed by atoms with van der Waals surface area (Å²) in [7, 11) is 0. The predicted molar refractivity (Wildman–Crippen MR) is 62.2 cm³/mol. The average molecular weight is 239 g/mol. The minimum Gasteiger partial charge on any atom is -0.387 e. The highest BCUT2D eigenvalue weighted by atomic mass is 19.1. The van der Waals surface area contributed by atoms with Crippen molar-refractivity contribution in [2.45, 2.75) is 25.5 Å². The lowest BCUT2D eigenvalue weighted by Crippen LogP contribution is -2.40. The van der Waals surface area contributed by atoms with Gasteiger partial charge in [0.25, 0.3) is 0 Å². The SMILES string of the molecule is C#CC(C)(C)NCC(O)c1c(F)cccc1F. The Hall–Kier alpha value is -1.44. The molecule has 0 saturated heterocycles. The first kappa shape index (κ1) is 13.6. The molecule has 17 heavy (non-hydrogen) atoms. The number of halogens is 2. The first-order chi connectivity index (χ1) is 7.87. The summed E-state index contributed by atoms with van der Waals surface area (Å²) in [6.07, 6.45) is 3.97. The number of β-amino-alcohol motifs (C(OH)–C–C–N with tert-alkyl or cyclic N) is 1. The van der Waals surface area contributed by atoms with Gasteiger partial charge in [-0.2, -0.15) is 0 Å². The van der Waals surface area contributed by atoms with Crippen LogP contribution in [0.15, 0.2) is 18.2 Å². The standard InChI is InChI=1S/C13H15F2NO/c1-4-13(2,3)16-8-11(17)12-9(14)6-5-7-10(12)15/h1,5-7,11,16-17H,8H2,2-3H3. The highest BCUT2D eigenvalue weighted by Gasteiger charge is 2.20. The van der Waals surface area contributed by atoms with Crippen LogP contribution in [0.25, 0.3) is 0 Å². The van der Waals surface area contributed by atoms with Crippen molar-refractivity contribution in [3.05, 3.63) is 35.4 Å². The number of aliphatic hydroxyl groups excluding tert-OH is 1. The quantitative estimate of drug-likeness (QED) is 0.788. The van der Waals surface area contributed by atoms with Crippen LogP contribution >= 0.6 is 0 Å². The second-order valence-electron chi connectivity index (χ2n) is 4.30. The van der Waals surface area contributed by atoms with E-state index in [2.05, 4.69) is 11.2 Å². The van der Waals surface area contributed by atoms with Crippen molar-refractivity contribution in [2.24, 2.45) is 0 Å². The van der Waals surface area contributed by atoms with Crippen molar-refractivity contribution >= 4 is 0 Å². The van der Waals surface area contributed by atoms with Crippen LogP contribution in [-0.4, -0.2) is 17.2 Å². The molecule has 1 aromatic carbocycles. The maximum atomic E-state index is 13.3. The van der Waals surface area contributed by atoms with Gasteiger partial charge in [0.2, 0.25) is 0 Å². The minimum absolute atomic E-state index is 0.0188. The average Bonchev–Trinajstić information content (AvgIpc) is 2.26. The molecule has 1 rings (SSSR count). The lowest BCUT2D eigenvalue weighted by Gasteiger charge is -2.22. The van der Waals surface area contributed by atoms with Gasteiger partial charge >= 0.3 is 0 Å². The van der Waals surface area contributed by atoms with Crippen molar-refractivity contribution < 1.29 is 13.9 Å². The zero-order valence-corrected chi connectivity index (χ0v) is 9.80. The van der Waals surface area contributed by atoms with Crippen molar-refractivity contribution in [1.29, 1.82) is 0 Å². The molecule has 92 valence electrons. The Labute approximate surface area is 99.7 Å². The Morgan fingerprint density at radius 1 is 1.41 bits per heavy atom. The summed E-state index contributed by atoms with van der Waals surface area (Å²) in [5.41, 5.74) is -0.976. The molecule has 2 nitrogen and oxygen atoms in total. The van der Waals surface area contributed by atoms with E-state index in [4.69, 9.17) is 6.42 Å². The van der Waals surface area contributed by atoms with Crippen LogP contribution in [0.2, 0.25) is 0 Å². The molecule has 0 spiro atoms. The van der Waals surface area contributed by atoms with E-state index in [1.165, 1.54) is 6.07 Å². The zero-order valence-electron chi connectivity index (χ0n) is 9.80. The van der Waals surface area contributed by atoms with Crippen LogP contribution < -0.4 is 5.32 Å². The molecule has 0 bridgehead atoms. The smallest absolute Gasteiger partial charge is 0.131 e. The maximum absolute atomic E-state index is 13.3. The molecule has 0 aliphatic heterocycles. The van der Waals surface area contributed by atoms with Gasteiger partial charge in [-0.15, -0.1) is 6.42 Å². The van der Waals surface area contributed by atoms with Gasteiger partial charge < -0.3 is 5.11 Å². The van der Waals surface area contributed by atoms with E-state index in [-0.39, 0.29) is 12.1 Å². The van der Waals surface area contributed by atoms with Gasteiger partial charge in [-0.25, -0.2) is 8.78 Å². The molecule has 0 aromatic heterocycles. The lowest BCUT2D eigenvalue weighted by molar-refractivity contribution is 0.158. The van der Waals surface area contributed by atoms with Crippen molar-refractivity contribution in [3.63, 3.8) is 0 Å².